The van der Waals surface area contributed by atoms with Crippen LogP contribution in [0.15, 0.2) is 42.0 Å². The zero-order valence-electron chi connectivity index (χ0n) is 11.9. The van der Waals surface area contributed by atoms with Crippen LogP contribution in [0, 0.1) is 5.92 Å². The van der Waals surface area contributed by atoms with Crippen LogP contribution in [0.5, 0.6) is 0 Å². The Labute approximate surface area is 116 Å². The molecular weight excluding hydrogens is 234 g/mol. The van der Waals surface area contributed by atoms with Crippen LogP contribution in [0.1, 0.15) is 39.0 Å². The molecule has 0 spiro atoms. The van der Waals surface area contributed by atoms with Gasteiger partial charge in [-0.2, -0.15) is 0 Å². The number of nitrogens with zero attached hydrogens (tertiary/aromatic N) is 1. The molecule has 1 aliphatic rings. The number of likely N-dealkylation sites (N-methyl/N-ethyl adjacent to an activating group) is 1. The molecule has 1 fully saturated rings. The highest BCUT2D eigenvalue weighted by molar-refractivity contribution is 6.01. The third-order valence-electron chi connectivity index (χ3n) is 4.07. The van der Waals surface area contributed by atoms with E-state index in [1.54, 1.807) is 4.90 Å². The predicted molar refractivity (Wildman–Crippen MR) is 80.2 cm³/mol. The Balaban J connectivity index is 2.03. The number of carbonyl (C=O) groups excluding carboxylic acids is 1. The van der Waals surface area contributed by atoms with E-state index >= 15 is 0 Å². The van der Waals surface area contributed by atoms with Gasteiger partial charge in [0.15, 0.2) is 0 Å². The summed E-state index contributed by atoms with van der Waals surface area (Å²) >= 11 is 0. The van der Waals surface area contributed by atoms with Crippen LogP contribution >= 0.6 is 0 Å². The molecule has 0 N–H and O–H groups in total. The van der Waals surface area contributed by atoms with Gasteiger partial charge in [-0.1, -0.05) is 43.0 Å². The summed E-state index contributed by atoms with van der Waals surface area (Å²) in [5, 5.41) is 0. The third-order valence-corrected chi connectivity index (χ3v) is 4.07. The largest absolute Gasteiger partial charge is 0.312 e. The van der Waals surface area contributed by atoms with E-state index in [-0.39, 0.29) is 5.91 Å². The zero-order valence-corrected chi connectivity index (χ0v) is 11.9. The Bertz CT molecular complexity index is 444. The van der Waals surface area contributed by atoms with Gasteiger partial charge < -0.3 is 4.90 Å². The standard InChI is InChI=1S/C17H23NO/c1-14(15-9-5-3-6-10-15)13-17(19)18(2)16-11-7-4-8-12-16/h4,7-8,11-13,15H,3,5-6,9-10H2,1-2H3/b14-13+. The van der Waals surface area contributed by atoms with Gasteiger partial charge in [-0.3, -0.25) is 4.79 Å². The maximum Gasteiger partial charge on any atom is 0.250 e. The van der Waals surface area contributed by atoms with Gasteiger partial charge in [0.2, 0.25) is 0 Å². The number of carbonyl (C=O) groups is 1. The Hall–Kier alpha value is -1.57. The van der Waals surface area contributed by atoms with E-state index < -0.39 is 0 Å². The quantitative estimate of drug-likeness (QED) is 0.744. The van der Waals surface area contributed by atoms with Crippen molar-refractivity contribution in [3.63, 3.8) is 0 Å². The fraction of sp³-hybridized carbons (Fsp3) is 0.471. The molecule has 2 nitrogen and oxygen atoms in total. The van der Waals surface area contributed by atoms with Crippen LogP contribution in [0.2, 0.25) is 0 Å². The Kier molecular flexibility index (Phi) is 4.78. The van der Waals surface area contributed by atoms with E-state index in [0.29, 0.717) is 5.92 Å². The van der Waals surface area contributed by atoms with Crippen molar-refractivity contribution in [3.8, 4) is 0 Å². The maximum atomic E-state index is 12.2. The van der Waals surface area contributed by atoms with Crippen LogP contribution in [0.4, 0.5) is 5.69 Å². The van der Waals surface area contributed by atoms with Gasteiger partial charge in [0.25, 0.3) is 5.91 Å². The van der Waals surface area contributed by atoms with E-state index in [9.17, 15) is 4.79 Å². The van der Waals surface area contributed by atoms with E-state index in [1.807, 2.05) is 43.5 Å². The molecule has 0 atom stereocenters. The van der Waals surface area contributed by atoms with Crippen LogP contribution in [0.25, 0.3) is 0 Å². The van der Waals surface area contributed by atoms with Crippen molar-refractivity contribution >= 4 is 11.6 Å². The third kappa shape index (κ3) is 3.69. The highest BCUT2D eigenvalue weighted by Gasteiger charge is 2.16. The second-order valence-corrected chi connectivity index (χ2v) is 5.46. The molecule has 19 heavy (non-hydrogen) atoms. The normalized spacial score (nSPS) is 17.3. The van der Waals surface area contributed by atoms with Crippen molar-refractivity contribution in [2.45, 2.75) is 39.0 Å². The van der Waals surface area contributed by atoms with Crippen molar-refractivity contribution in [1.82, 2.24) is 0 Å². The summed E-state index contributed by atoms with van der Waals surface area (Å²) in [7, 11) is 1.84. The van der Waals surface area contributed by atoms with Gasteiger partial charge in [0.05, 0.1) is 0 Å². The average molecular weight is 257 g/mol. The van der Waals surface area contributed by atoms with Gasteiger partial charge in [0, 0.05) is 18.8 Å². The summed E-state index contributed by atoms with van der Waals surface area (Å²) in [6.07, 6.45) is 8.26. The summed E-state index contributed by atoms with van der Waals surface area (Å²) in [6.45, 7) is 2.10. The minimum atomic E-state index is 0.0780. The summed E-state index contributed by atoms with van der Waals surface area (Å²) in [5.74, 6) is 0.691. The maximum absolute atomic E-state index is 12.2. The fourth-order valence-corrected chi connectivity index (χ4v) is 2.75. The van der Waals surface area contributed by atoms with Crippen LogP contribution < -0.4 is 4.90 Å². The first-order valence-electron chi connectivity index (χ1n) is 7.19. The number of amides is 1. The first-order chi connectivity index (χ1) is 9.18. The van der Waals surface area contributed by atoms with E-state index in [0.717, 1.165) is 5.69 Å². The highest BCUT2D eigenvalue weighted by atomic mass is 16.2. The highest BCUT2D eigenvalue weighted by Crippen LogP contribution is 2.29. The van der Waals surface area contributed by atoms with Crippen LogP contribution in [-0.4, -0.2) is 13.0 Å². The second kappa shape index (κ2) is 6.55. The van der Waals surface area contributed by atoms with Crippen molar-refractivity contribution in [1.29, 1.82) is 0 Å². The lowest BCUT2D eigenvalue weighted by atomic mass is 9.84. The summed E-state index contributed by atoms with van der Waals surface area (Å²) in [4.78, 5) is 14.0. The molecule has 0 heterocycles. The predicted octanol–water partition coefficient (Wildman–Crippen LogP) is 4.18. The van der Waals surface area contributed by atoms with Crippen LogP contribution in [-0.2, 0) is 4.79 Å². The molecule has 0 bridgehead atoms. The van der Waals surface area contributed by atoms with Crippen LogP contribution in [0.3, 0.4) is 0 Å². The molecule has 2 heteroatoms. The molecular formula is C17H23NO. The Morgan fingerprint density at radius 2 is 1.79 bits per heavy atom. The summed E-state index contributed by atoms with van der Waals surface area (Å²) < 4.78 is 0. The lowest BCUT2D eigenvalue weighted by molar-refractivity contribution is -0.114. The van der Waals surface area contributed by atoms with E-state index in [1.165, 1.54) is 37.7 Å². The lowest BCUT2D eigenvalue weighted by Crippen LogP contribution is -2.25. The molecule has 2 rings (SSSR count). The first kappa shape index (κ1) is 13.9. The second-order valence-electron chi connectivity index (χ2n) is 5.46. The minimum Gasteiger partial charge on any atom is -0.312 e. The molecule has 1 aliphatic carbocycles. The molecule has 1 aromatic rings. The first-order valence-corrected chi connectivity index (χ1v) is 7.19. The SMILES string of the molecule is C/C(=C\C(=O)N(C)c1ccccc1)C1CCCCC1. The summed E-state index contributed by atoms with van der Waals surface area (Å²) in [6, 6.07) is 9.79. The molecule has 0 saturated heterocycles. The van der Waals surface area contributed by atoms with Crippen molar-refractivity contribution in [2.24, 2.45) is 5.92 Å². The molecule has 1 aromatic carbocycles. The smallest absolute Gasteiger partial charge is 0.250 e. The topological polar surface area (TPSA) is 20.3 Å². The number of hydrogen-bond acceptors (Lipinski definition) is 1. The lowest BCUT2D eigenvalue weighted by Gasteiger charge is -2.23. The Morgan fingerprint density at radius 1 is 1.16 bits per heavy atom. The van der Waals surface area contributed by atoms with Gasteiger partial charge >= 0.3 is 0 Å². The average Bonchev–Trinajstić information content (AvgIpc) is 2.48. The molecule has 0 unspecified atom stereocenters. The van der Waals surface area contributed by atoms with Crippen molar-refractivity contribution in [2.75, 3.05) is 11.9 Å². The number of rotatable bonds is 3. The van der Waals surface area contributed by atoms with Gasteiger partial charge in [-0.05, 0) is 37.8 Å². The van der Waals surface area contributed by atoms with Crippen molar-refractivity contribution in [3.05, 3.63) is 42.0 Å². The van der Waals surface area contributed by atoms with E-state index in [4.69, 9.17) is 0 Å². The monoisotopic (exact) mass is 257 g/mol. The molecule has 1 saturated carbocycles. The Morgan fingerprint density at radius 3 is 2.42 bits per heavy atom. The molecule has 1 amide bonds. The van der Waals surface area contributed by atoms with E-state index in [2.05, 4.69) is 6.92 Å². The molecule has 0 radical (unpaired) electrons. The number of para-hydroxylation sites is 1. The number of anilines is 1. The van der Waals surface area contributed by atoms with Gasteiger partial charge in [0.1, 0.15) is 0 Å². The van der Waals surface area contributed by atoms with Crippen molar-refractivity contribution < 1.29 is 4.79 Å². The minimum absolute atomic E-state index is 0.0780. The number of benzene rings is 1. The number of allylic oxidation sites excluding steroid dienone is 1. The van der Waals surface area contributed by atoms with Gasteiger partial charge in [-0.15, -0.1) is 0 Å². The zero-order chi connectivity index (χ0) is 13.7. The summed E-state index contributed by atoms with van der Waals surface area (Å²) in [5.41, 5.74) is 2.19. The molecule has 102 valence electrons. The number of hydrogen-bond donors (Lipinski definition) is 0. The van der Waals surface area contributed by atoms with Gasteiger partial charge in [-0.25, -0.2) is 0 Å². The molecule has 0 aromatic heterocycles. The fourth-order valence-electron chi connectivity index (χ4n) is 2.75. The molecule has 0 aliphatic heterocycles.